The van der Waals surface area contributed by atoms with Crippen molar-refractivity contribution in [3.05, 3.63) is 17.7 Å². The van der Waals surface area contributed by atoms with Gasteiger partial charge in [0.1, 0.15) is 0 Å². The van der Waals surface area contributed by atoms with Crippen LogP contribution in [0.5, 0.6) is 0 Å². The number of benzene rings is 1. The number of nitrogen functional groups attached to an aromatic ring is 1. The lowest BCUT2D eigenvalue weighted by Gasteiger charge is -2.32. The predicted octanol–water partition coefficient (Wildman–Crippen LogP) is 2.60. The largest absolute Gasteiger partial charge is 0.397 e. The number of ether oxygens (including phenoxy) is 1. The molecule has 0 radical (unpaired) electrons. The summed E-state index contributed by atoms with van der Waals surface area (Å²) in [6.07, 6.45) is 5.83. The van der Waals surface area contributed by atoms with Crippen LogP contribution in [0.4, 0.5) is 17.1 Å². The molecule has 142 valence electrons. The van der Waals surface area contributed by atoms with Crippen LogP contribution in [0.25, 0.3) is 0 Å². The summed E-state index contributed by atoms with van der Waals surface area (Å²) in [6.45, 7) is 3.88. The zero-order valence-corrected chi connectivity index (χ0v) is 15.8. The molecule has 4 rings (SSSR count). The fourth-order valence-corrected chi connectivity index (χ4v) is 4.60. The van der Waals surface area contributed by atoms with E-state index in [9.17, 15) is 4.79 Å². The zero-order chi connectivity index (χ0) is 18.3. The van der Waals surface area contributed by atoms with Crippen molar-refractivity contribution in [1.29, 1.82) is 0 Å². The maximum Gasteiger partial charge on any atom is 0.253 e. The number of hydrogen-bond donors (Lipinski definition) is 3. The van der Waals surface area contributed by atoms with Crippen molar-refractivity contribution in [2.45, 2.75) is 57.2 Å². The Hall–Kier alpha value is -1.95. The summed E-state index contributed by atoms with van der Waals surface area (Å²) in [4.78, 5) is 15.4. The molecule has 1 saturated carbocycles. The number of carbonyl (C=O) groups is 1. The van der Waals surface area contributed by atoms with E-state index < -0.39 is 0 Å². The molecular weight excluding hydrogens is 328 g/mol. The van der Waals surface area contributed by atoms with Crippen LogP contribution in [-0.4, -0.2) is 44.3 Å². The molecule has 1 aromatic rings. The molecule has 1 aliphatic carbocycles. The van der Waals surface area contributed by atoms with Gasteiger partial charge in [-0.15, -0.1) is 0 Å². The van der Waals surface area contributed by atoms with Crippen molar-refractivity contribution in [2.24, 2.45) is 5.92 Å². The molecule has 26 heavy (non-hydrogen) atoms. The highest BCUT2D eigenvalue weighted by molar-refractivity contribution is 6.02. The van der Waals surface area contributed by atoms with Crippen LogP contribution in [-0.2, 0) is 4.74 Å². The fraction of sp³-hybridized carbons (Fsp3) is 0.650. The first kappa shape index (κ1) is 17.5. The van der Waals surface area contributed by atoms with Gasteiger partial charge in [0.05, 0.1) is 41.4 Å². The topological polar surface area (TPSA) is 79.6 Å². The molecule has 0 unspecified atom stereocenters. The summed E-state index contributed by atoms with van der Waals surface area (Å²) in [5.74, 6) is 0.766. The average Bonchev–Trinajstić information content (AvgIpc) is 3.26. The van der Waals surface area contributed by atoms with Crippen molar-refractivity contribution >= 4 is 23.0 Å². The standard InChI is InChI=1S/C20H30N4O2/c1-12-3-5-13(6-4-12)23-20(25)16-8-17(21)18(22-2)9-19(16)24-10-15-7-14(24)11-26-15/h8-9,12-15,22H,3-7,10-11,21H2,1-2H3,(H,23,25)/t12?,13?,14-,15-/m0/s1. The maximum atomic E-state index is 13.1. The first-order valence-electron chi connectivity index (χ1n) is 9.85. The molecule has 2 aliphatic heterocycles. The molecule has 2 bridgehead atoms. The Morgan fingerprint density at radius 3 is 2.65 bits per heavy atom. The molecule has 3 aliphatic rings. The Morgan fingerprint density at radius 1 is 1.27 bits per heavy atom. The second-order valence-corrected chi connectivity index (χ2v) is 8.13. The molecule has 6 heteroatoms. The third-order valence-corrected chi connectivity index (χ3v) is 6.24. The lowest BCUT2D eigenvalue weighted by molar-refractivity contribution is 0.0917. The van der Waals surface area contributed by atoms with Crippen molar-refractivity contribution in [2.75, 3.05) is 36.1 Å². The smallest absolute Gasteiger partial charge is 0.253 e. The van der Waals surface area contributed by atoms with E-state index in [0.29, 0.717) is 17.3 Å². The van der Waals surface area contributed by atoms with E-state index in [2.05, 4.69) is 22.5 Å². The lowest BCUT2D eigenvalue weighted by Crippen LogP contribution is -2.41. The molecule has 6 nitrogen and oxygen atoms in total. The van der Waals surface area contributed by atoms with E-state index >= 15 is 0 Å². The number of hydrogen-bond acceptors (Lipinski definition) is 5. The summed E-state index contributed by atoms with van der Waals surface area (Å²) in [5.41, 5.74) is 9.32. The Balaban J connectivity index is 1.59. The number of amides is 1. The summed E-state index contributed by atoms with van der Waals surface area (Å²) < 4.78 is 5.73. The van der Waals surface area contributed by atoms with E-state index in [0.717, 1.165) is 49.7 Å². The molecule has 4 N–H and O–H groups in total. The highest BCUT2D eigenvalue weighted by Gasteiger charge is 2.40. The van der Waals surface area contributed by atoms with Gasteiger partial charge in [-0.3, -0.25) is 4.79 Å². The van der Waals surface area contributed by atoms with Crippen LogP contribution in [0, 0.1) is 5.92 Å². The van der Waals surface area contributed by atoms with Gasteiger partial charge in [0.15, 0.2) is 0 Å². The van der Waals surface area contributed by atoms with Crippen LogP contribution < -0.4 is 21.3 Å². The van der Waals surface area contributed by atoms with Gasteiger partial charge in [0.25, 0.3) is 5.91 Å². The van der Waals surface area contributed by atoms with Crippen molar-refractivity contribution in [1.82, 2.24) is 5.32 Å². The van der Waals surface area contributed by atoms with Gasteiger partial charge in [-0.05, 0) is 50.2 Å². The number of nitrogens with two attached hydrogens (primary N) is 1. The van der Waals surface area contributed by atoms with Gasteiger partial charge in [0.2, 0.25) is 0 Å². The van der Waals surface area contributed by atoms with Gasteiger partial charge < -0.3 is 26.0 Å². The van der Waals surface area contributed by atoms with Gasteiger partial charge in [-0.25, -0.2) is 0 Å². The summed E-state index contributed by atoms with van der Waals surface area (Å²) >= 11 is 0. The highest BCUT2D eigenvalue weighted by Crippen LogP contribution is 2.38. The van der Waals surface area contributed by atoms with E-state index in [1.807, 2.05) is 19.2 Å². The van der Waals surface area contributed by atoms with Crippen molar-refractivity contribution in [3.8, 4) is 0 Å². The minimum Gasteiger partial charge on any atom is -0.397 e. The van der Waals surface area contributed by atoms with Gasteiger partial charge in [-0.1, -0.05) is 6.92 Å². The number of carbonyl (C=O) groups excluding carboxylic acids is 1. The van der Waals surface area contributed by atoms with Crippen LogP contribution in [0.2, 0.25) is 0 Å². The summed E-state index contributed by atoms with van der Waals surface area (Å²) in [5, 5.41) is 6.40. The minimum absolute atomic E-state index is 0.00222. The number of nitrogens with zero attached hydrogens (tertiary/aromatic N) is 1. The second-order valence-electron chi connectivity index (χ2n) is 8.13. The van der Waals surface area contributed by atoms with Gasteiger partial charge in [0, 0.05) is 19.6 Å². The zero-order valence-electron chi connectivity index (χ0n) is 15.8. The van der Waals surface area contributed by atoms with E-state index in [1.165, 1.54) is 12.8 Å². The van der Waals surface area contributed by atoms with E-state index in [-0.39, 0.29) is 18.1 Å². The quantitative estimate of drug-likeness (QED) is 0.721. The van der Waals surface area contributed by atoms with Crippen molar-refractivity contribution < 1.29 is 9.53 Å². The van der Waals surface area contributed by atoms with Crippen molar-refractivity contribution in [3.63, 3.8) is 0 Å². The molecule has 2 saturated heterocycles. The fourth-order valence-electron chi connectivity index (χ4n) is 4.60. The SMILES string of the molecule is CNc1cc(N2C[C@@H]3C[C@H]2CO3)c(C(=O)NC2CCC(C)CC2)cc1N. The Kier molecular flexibility index (Phi) is 4.69. The molecular formula is C20H30N4O2. The number of fused-ring (bicyclic) bond motifs is 2. The maximum absolute atomic E-state index is 13.1. The van der Waals surface area contributed by atoms with E-state index in [4.69, 9.17) is 10.5 Å². The van der Waals surface area contributed by atoms with Crippen LogP contribution in [0.1, 0.15) is 49.4 Å². The average molecular weight is 358 g/mol. The molecule has 3 fully saturated rings. The summed E-state index contributed by atoms with van der Waals surface area (Å²) in [6, 6.07) is 4.48. The third kappa shape index (κ3) is 3.22. The minimum atomic E-state index is -0.00222. The number of nitrogens with one attached hydrogen (secondary N) is 2. The lowest BCUT2D eigenvalue weighted by atomic mass is 9.87. The van der Waals surface area contributed by atoms with E-state index in [1.54, 1.807) is 0 Å². The Labute approximate surface area is 155 Å². The van der Waals surface area contributed by atoms with Crippen LogP contribution in [0.3, 0.4) is 0 Å². The molecule has 2 heterocycles. The molecule has 0 aromatic heterocycles. The normalized spacial score (nSPS) is 30.5. The Bertz CT molecular complexity index is 685. The van der Waals surface area contributed by atoms with Gasteiger partial charge in [-0.2, -0.15) is 0 Å². The monoisotopic (exact) mass is 358 g/mol. The third-order valence-electron chi connectivity index (χ3n) is 6.24. The molecule has 2 atom stereocenters. The van der Waals surface area contributed by atoms with Crippen LogP contribution >= 0.6 is 0 Å². The second kappa shape index (κ2) is 6.99. The first-order valence-corrected chi connectivity index (χ1v) is 9.85. The Morgan fingerprint density at radius 2 is 2.04 bits per heavy atom. The summed E-state index contributed by atoms with van der Waals surface area (Å²) in [7, 11) is 1.86. The number of morpholine rings is 1. The van der Waals surface area contributed by atoms with Crippen LogP contribution in [0.15, 0.2) is 12.1 Å². The highest BCUT2D eigenvalue weighted by atomic mass is 16.5. The number of anilines is 3. The molecule has 1 aromatic carbocycles. The number of rotatable bonds is 4. The predicted molar refractivity (Wildman–Crippen MR) is 105 cm³/mol. The molecule has 1 amide bonds. The van der Waals surface area contributed by atoms with Gasteiger partial charge >= 0.3 is 0 Å². The first-order chi connectivity index (χ1) is 12.5. The molecule has 0 spiro atoms.